The number of nitrogens with two attached hydrogens (primary N) is 1. The molecule has 0 atom stereocenters. The van der Waals surface area contributed by atoms with Gasteiger partial charge in [-0.25, -0.2) is 4.79 Å². The molecule has 2 aromatic carbocycles. The topological polar surface area (TPSA) is 113 Å². The number of halogens is 1. The summed E-state index contributed by atoms with van der Waals surface area (Å²) in [4.78, 5) is 27.5. The van der Waals surface area contributed by atoms with Gasteiger partial charge in [-0.3, -0.25) is 9.78 Å². The van der Waals surface area contributed by atoms with Crippen LogP contribution >= 0.6 is 11.6 Å². The number of nitrogens with zero attached hydrogens (tertiary/aromatic N) is 1. The van der Waals surface area contributed by atoms with Crippen molar-refractivity contribution in [1.29, 1.82) is 0 Å². The second kappa shape index (κ2) is 9.43. The molecule has 0 bridgehead atoms. The second-order valence-corrected chi connectivity index (χ2v) is 6.71. The van der Waals surface area contributed by atoms with Crippen LogP contribution in [0.2, 0.25) is 5.02 Å². The van der Waals surface area contributed by atoms with Crippen molar-refractivity contribution in [2.24, 2.45) is 5.73 Å². The molecule has 156 valence electrons. The summed E-state index contributed by atoms with van der Waals surface area (Å²) in [5.41, 5.74) is 6.50. The number of rotatable bonds is 8. The van der Waals surface area contributed by atoms with E-state index in [0.717, 1.165) is 0 Å². The highest BCUT2D eigenvalue weighted by Gasteiger charge is 2.15. The molecule has 30 heavy (non-hydrogen) atoms. The lowest BCUT2D eigenvalue weighted by atomic mass is 10.1. The Bertz CT molecular complexity index is 1100. The summed E-state index contributed by atoms with van der Waals surface area (Å²) >= 11 is 6.17. The fraction of sp³-hybridized carbons (Fsp3) is 0.190. The maximum atomic E-state index is 12.1. The van der Waals surface area contributed by atoms with Crippen molar-refractivity contribution in [1.82, 2.24) is 4.98 Å². The zero-order chi connectivity index (χ0) is 21.7. The van der Waals surface area contributed by atoms with Crippen LogP contribution in [-0.2, 0) is 4.74 Å². The molecule has 1 heterocycles. The summed E-state index contributed by atoms with van der Waals surface area (Å²) in [6.07, 6.45) is 1.59. The fourth-order valence-corrected chi connectivity index (χ4v) is 3.00. The lowest BCUT2D eigenvalue weighted by Gasteiger charge is -2.14. The van der Waals surface area contributed by atoms with E-state index in [9.17, 15) is 9.59 Å². The Morgan fingerprint density at radius 3 is 2.60 bits per heavy atom. The highest BCUT2D eigenvalue weighted by Crippen LogP contribution is 2.35. The lowest BCUT2D eigenvalue weighted by Crippen LogP contribution is -2.19. The predicted octanol–water partition coefficient (Wildman–Crippen LogP) is 4.40. The summed E-state index contributed by atoms with van der Waals surface area (Å²) < 4.78 is 16.6. The average molecular weight is 430 g/mol. The maximum absolute atomic E-state index is 12.1. The molecule has 8 nitrogen and oxygen atoms in total. The zero-order valence-corrected chi connectivity index (χ0v) is 17.2. The number of ketones is 1. The number of methoxy groups -OCH3 is 1. The first-order chi connectivity index (χ1) is 14.4. The molecule has 0 fully saturated rings. The van der Waals surface area contributed by atoms with Crippen molar-refractivity contribution < 1.29 is 23.8 Å². The number of anilines is 1. The molecule has 1 aromatic heterocycles. The van der Waals surface area contributed by atoms with Gasteiger partial charge in [0.15, 0.2) is 5.78 Å². The van der Waals surface area contributed by atoms with Gasteiger partial charge in [-0.15, -0.1) is 0 Å². The van der Waals surface area contributed by atoms with Gasteiger partial charge in [-0.05, 0) is 31.2 Å². The molecule has 2 amide bonds. The summed E-state index contributed by atoms with van der Waals surface area (Å²) in [6, 6.07) is 9.11. The molecule has 0 unspecified atom stereocenters. The Labute approximate surface area is 177 Å². The number of urea groups is 1. The Hall–Kier alpha value is -3.36. The number of fused-ring (bicyclic) bond motifs is 1. The van der Waals surface area contributed by atoms with Gasteiger partial charge in [0.25, 0.3) is 0 Å². The van der Waals surface area contributed by atoms with Crippen LogP contribution in [0.25, 0.3) is 10.9 Å². The van der Waals surface area contributed by atoms with Gasteiger partial charge in [-0.1, -0.05) is 11.6 Å². The first-order valence-corrected chi connectivity index (χ1v) is 9.36. The Morgan fingerprint density at radius 1 is 1.13 bits per heavy atom. The van der Waals surface area contributed by atoms with Crippen LogP contribution in [0.4, 0.5) is 10.5 Å². The molecule has 0 aliphatic carbocycles. The largest absolute Gasteiger partial charge is 0.490 e. The number of ether oxygens (including phenoxy) is 3. The SMILES string of the molecule is COCCOc1cc2nccc(Oc3ccc(NC(N)=O)c(Cl)c3)c2cc1C(C)=O. The summed E-state index contributed by atoms with van der Waals surface area (Å²) in [5, 5.41) is 3.32. The minimum Gasteiger partial charge on any atom is -0.490 e. The summed E-state index contributed by atoms with van der Waals surface area (Å²) in [7, 11) is 1.57. The predicted molar refractivity (Wildman–Crippen MR) is 114 cm³/mol. The number of carbonyl (C=O) groups is 2. The number of pyridine rings is 1. The first kappa shape index (κ1) is 21.4. The van der Waals surface area contributed by atoms with E-state index in [1.54, 1.807) is 49.7 Å². The normalized spacial score (nSPS) is 10.6. The third-order valence-corrected chi connectivity index (χ3v) is 4.47. The lowest BCUT2D eigenvalue weighted by molar-refractivity contribution is 0.101. The van der Waals surface area contributed by atoms with Gasteiger partial charge in [0.05, 0.1) is 28.4 Å². The van der Waals surface area contributed by atoms with E-state index >= 15 is 0 Å². The number of Topliss-reactive ketones (excluding diaryl/α,β-unsaturated/α-hetero) is 1. The first-order valence-electron chi connectivity index (χ1n) is 8.98. The van der Waals surface area contributed by atoms with Crippen LogP contribution in [0, 0.1) is 0 Å². The van der Waals surface area contributed by atoms with Crippen molar-refractivity contribution in [3.8, 4) is 17.2 Å². The zero-order valence-electron chi connectivity index (χ0n) is 16.4. The number of hydrogen-bond donors (Lipinski definition) is 2. The van der Waals surface area contributed by atoms with Gasteiger partial charge >= 0.3 is 6.03 Å². The van der Waals surface area contributed by atoms with Crippen LogP contribution < -0.4 is 20.5 Å². The van der Waals surface area contributed by atoms with Gasteiger partial charge in [-0.2, -0.15) is 0 Å². The second-order valence-electron chi connectivity index (χ2n) is 6.31. The van der Waals surface area contributed by atoms with Crippen molar-refractivity contribution >= 4 is 40.0 Å². The monoisotopic (exact) mass is 429 g/mol. The maximum Gasteiger partial charge on any atom is 0.316 e. The van der Waals surface area contributed by atoms with Crippen LogP contribution in [-0.4, -0.2) is 37.1 Å². The van der Waals surface area contributed by atoms with E-state index in [1.165, 1.54) is 6.92 Å². The van der Waals surface area contributed by atoms with E-state index in [4.69, 9.17) is 31.5 Å². The Balaban J connectivity index is 1.96. The molecular formula is C21H20ClN3O5. The average Bonchev–Trinajstić information content (AvgIpc) is 2.69. The molecule has 3 N–H and O–H groups in total. The number of aromatic nitrogens is 1. The van der Waals surface area contributed by atoms with Crippen LogP contribution in [0.1, 0.15) is 17.3 Å². The third kappa shape index (κ3) is 4.97. The summed E-state index contributed by atoms with van der Waals surface area (Å²) in [5.74, 6) is 1.20. The van der Waals surface area contributed by atoms with Crippen molar-refractivity contribution in [3.63, 3.8) is 0 Å². The highest BCUT2D eigenvalue weighted by molar-refractivity contribution is 6.33. The van der Waals surface area contributed by atoms with E-state index in [1.807, 2.05) is 0 Å². The number of benzene rings is 2. The smallest absolute Gasteiger partial charge is 0.316 e. The quantitative estimate of drug-likeness (QED) is 0.405. The molecule has 0 saturated heterocycles. The molecular weight excluding hydrogens is 410 g/mol. The molecule has 9 heteroatoms. The molecule has 0 radical (unpaired) electrons. The van der Waals surface area contributed by atoms with Gasteiger partial charge < -0.3 is 25.3 Å². The van der Waals surface area contributed by atoms with E-state index in [-0.39, 0.29) is 10.8 Å². The van der Waals surface area contributed by atoms with Crippen molar-refractivity contribution in [3.05, 3.63) is 53.2 Å². The number of amides is 2. The minimum atomic E-state index is -0.717. The third-order valence-electron chi connectivity index (χ3n) is 4.15. The highest BCUT2D eigenvalue weighted by atomic mass is 35.5. The number of nitrogens with one attached hydrogen (secondary N) is 1. The van der Waals surface area contributed by atoms with Crippen molar-refractivity contribution in [2.75, 3.05) is 25.6 Å². The van der Waals surface area contributed by atoms with E-state index in [2.05, 4.69) is 10.3 Å². The number of hydrogen-bond acceptors (Lipinski definition) is 6. The fourth-order valence-electron chi connectivity index (χ4n) is 2.79. The van der Waals surface area contributed by atoms with E-state index < -0.39 is 6.03 Å². The number of carbonyl (C=O) groups excluding carboxylic acids is 2. The van der Waals surface area contributed by atoms with Crippen molar-refractivity contribution in [2.45, 2.75) is 6.92 Å². The molecule has 3 rings (SSSR count). The molecule has 0 saturated carbocycles. The molecule has 0 aliphatic rings. The van der Waals surface area contributed by atoms with E-state index in [0.29, 0.717) is 52.6 Å². The number of primary amides is 1. The standard InChI is InChI=1S/C21H20ClN3O5/c1-12(26)14-10-15-18(11-20(14)29-8-7-28-2)24-6-5-19(15)30-13-3-4-17(16(22)9-13)25-21(23)27/h3-6,9-11H,7-8H2,1-2H3,(H3,23,25,27). The minimum absolute atomic E-state index is 0.149. The van der Waals surface area contributed by atoms with Crippen LogP contribution in [0.15, 0.2) is 42.6 Å². The van der Waals surface area contributed by atoms with Gasteiger partial charge in [0.1, 0.15) is 23.9 Å². The van der Waals surface area contributed by atoms with Crippen LogP contribution in [0.5, 0.6) is 17.2 Å². The molecule has 0 aliphatic heterocycles. The summed E-state index contributed by atoms with van der Waals surface area (Å²) in [6.45, 7) is 2.17. The van der Waals surface area contributed by atoms with Crippen LogP contribution in [0.3, 0.4) is 0 Å². The Kier molecular flexibility index (Phi) is 6.71. The molecule has 0 spiro atoms. The molecule has 3 aromatic rings. The Morgan fingerprint density at radius 2 is 1.93 bits per heavy atom. The van der Waals surface area contributed by atoms with Gasteiger partial charge in [0, 0.05) is 30.8 Å². The van der Waals surface area contributed by atoms with Gasteiger partial charge in [0.2, 0.25) is 0 Å².